The number of aromatic nitrogens is 3. The van der Waals surface area contributed by atoms with Crippen LogP contribution in [-0.2, 0) is 23.2 Å². The lowest BCUT2D eigenvalue weighted by Crippen LogP contribution is -2.29. The van der Waals surface area contributed by atoms with E-state index in [-0.39, 0.29) is 30.7 Å². The molecule has 2 amide bonds. The fourth-order valence-corrected chi connectivity index (χ4v) is 3.97. The molecule has 0 fully saturated rings. The van der Waals surface area contributed by atoms with Gasteiger partial charge < -0.3 is 19.9 Å². The predicted molar refractivity (Wildman–Crippen MR) is 130 cm³/mol. The molecular formula is C23H26ClN5O3S. The maximum Gasteiger partial charge on any atom is 0.258 e. The smallest absolute Gasteiger partial charge is 0.258 e. The molecule has 3 rings (SSSR count). The van der Waals surface area contributed by atoms with E-state index in [2.05, 4.69) is 20.8 Å². The molecular weight excluding hydrogens is 462 g/mol. The van der Waals surface area contributed by atoms with Crippen molar-refractivity contribution < 1.29 is 14.3 Å². The second-order valence-electron chi connectivity index (χ2n) is 7.54. The van der Waals surface area contributed by atoms with Gasteiger partial charge in [-0.2, -0.15) is 0 Å². The number of carbonyl (C=O) groups is 2. The Labute approximate surface area is 202 Å². The van der Waals surface area contributed by atoms with Gasteiger partial charge in [0, 0.05) is 17.8 Å². The Morgan fingerprint density at radius 3 is 2.52 bits per heavy atom. The Hall–Kier alpha value is -3.04. The van der Waals surface area contributed by atoms with Crippen molar-refractivity contribution in [1.29, 1.82) is 0 Å². The number of carbonyl (C=O) groups excluding carboxylic acids is 2. The molecule has 1 heterocycles. The highest BCUT2D eigenvalue weighted by atomic mass is 35.5. The predicted octanol–water partition coefficient (Wildman–Crippen LogP) is 3.82. The maximum absolute atomic E-state index is 12.3. The SMILES string of the molecule is Cc1ccc(Cl)cc1NC(=O)CSc1nnc(CNC(=O)COc2c(C)cccc2C)n1C. The number of hydrogen-bond acceptors (Lipinski definition) is 6. The number of benzene rings is 2. The number of rotatable bonds is 9. The summed E-state index contributed by atoms with van der Waals surface area (Å²) in [6.45, 7) is 5.89. The number of amides is 2. The summed E-state index contributed by atoms with van der Waals surface area (Å²) in [6, 6.07) is 11.2. The molecule has 8 nitrogen and oxygen atoms in total. The molecule has 1 aromatic heterocycles. The minimum Gasteiger partial charge on any atom is -0.483 e. The van der Waals surface area contributed by atoms with E-state index in [1.165, 1.54) is 11.8 Å². The number of nitrogens with one attached hydrogen (secondary N) is 2. The van der Waals surface area contributed by atoms with Gasteiger partial charge in [-0.15, -0.1) is 10.2 Å². The molecule has 33 heavy (non-hydrogen) atoms. The number of hydrogen-bond donors (Lipinski definition) is 2. The highest BCUT2D eigenvalue weighted by molar-refractivity contribution is 7.99. The molecule has 174 valence electrons. The van der Waals surface area contributed by atoms with Crippen molar-refractivity contribution >= 4 is 40.9 Å². The van der Waals surface area contributed by atoms with Crippen LogP contribution in [-0.4, -0.2) is 38.9 Å². The Morgan fingerprint density at radius 2 is 1.79 bits per heavy atom. The number of halogens is 1. The second-order valence-corrected chi connectivity index (χ2v) is 8.92. The van der Waals surface area contributed by atoms with Gasteiger partial charge in [-0.25, -0.2) is 0 Å². The van der Waals surface area contributed by atoms with Gasteiger partial charge in [-0.1, -0.05) is 47.6 Å². The van der Waals surface area contributed by atoms with Crippen molar-refractivity contribution in [3.63, 3.8) is 0 Å². The Bertz CT molecular complexity index is 1140. The van der Waals surface area contributed by atoms with E-state index in [1.807, 2.05) is 45.0 Å². The van der Waals surface area contributed by atoms with E-state index in [4.69, 9.17) is 16.3 Å². The summed E-state index contributed by atoms with van der Waals surface area (Å²) in [7, 11) is 1.79. The summed E-state index contributed by atoms with van der Waals surface area (Å²) in [6.07, 6.45) is 0. The van der Waals surface area contributed by atoms with Crippen LogP contribution in [0.1, 0.15) is 22.5 Å². The van der Waals surface area contributed by atoms with Gasteiger partial charge in [0.05, 0.1) is 12.3 Å². The first-order valence-corrected chi connectivity index (χ1v) is 11.6. The van der Waals surface area contributed by atoms with Gasteiger partial charge in [0.25, 0.3) is 5.91 Å². The molecule has 0 saturated carbocycles. The fraction of sp³-hybridized carbons (Fsp3) is 0.304. The molecule has 0 atom stereocenters. The lowest BCUT2D eigenvalue weighted by Gasteiger charge is -2.12. The summed E-state index contributed by atoms with van der Waals surface area (Å²) in [5.74, 6) is 1.02. The standard InChI is InChI=1S/C23H26ClN5O3S/c1-14-8-9-17(24)10-18(14)26-21(31)13-33-23-28-27-19(29(23)4)11-25-20(30)12-32-22-15(2)6-5-7-16(22)3/h5-10H,11-13H2,1-4H3,(H,25,30)(H,26,31). The molecule has 0 aliphatic carbocycles. The Kier molecular flexibility index (Phi) is 8.35. The van der Waals surface area contributed by atoms with Crippen molar-refractivity contribution in [1.82, 2.24) is 20.1 Å². The first-order valence-electron chi connectivity index (χ1n) is 10.3. The fourth-order valence-electron chi connectivity index (χ4n) is 3.06. The molecule has 2 aromatic carbocycles. The van der Waals surface area contributed by atoms with Gasteiger partial charge in [0.1, 0.15) is 5.75 Å². The number of aryl methyl sites for hydroxylation is 3. The van der Waals surface area contributed by atoms with Crippen LogP contribution in [0.15, 0.2) is 41.6 Å². The third kappa shape index (κ3) is 6.72. The van der Waals surface area contributed by atoms with Crippen LogP contribution >= 0.6 is 23.4 Å². The first-order chi connectivity index (χ1) is 15.7. The van der Waals surface area contributed by atoms with Crippen LogP contribution in [0.4, 0.5) is 5.69 Å². The second kappa shape index (κ2) is 11.2. The zero-order chi connectivity index (χ0) is 24.0. The lowest BCUT2D eigenvalue weighted by molar-refractivity contribution is -0.123. The summed E-state index contributed by atoms with van der Waals surface area (Å²) in [4.78, 5) is 24.5. The molecule has 0 radical (unpaired) electrons. The largest absolute Gasteiger partial charge is 0.483 e. The van der Waals surface area contributed by atoms with Crippen LogP contribution in [0.3, 0.4) is 0 Å². The minimum atomic E-state index is -0.258. The van der Waals surface area contributed by atoms with E-state index in [0.29, 0.717) is 21.7 Å². The van der Waals surface area contributed by atoms with Crippen molar-refractivity contribution in [2.45, 2.75) is 32.5 Å². The van der Waals surface area contributed by atoms with E-state index < -0.39 is 0 Å². The van der Waals surface area contributed by atoms with Crippen LogP contribution in [0.2, 0.25) is 5.02 Å². The number of para-hydroxylation sites is 1. The molecule has 0 aliphatic heterocycles. The quantitative estimate of drug-likeness (QED) is 0.445. The highest BCUT2D eigenvalue weighted by Crippen LogP contribution is 2.23. The van der Waals surface area contributed by atoms with Crippen molar-refractivity contribution in [2.75, 3.05) is 17.7 Å². The summed E-state index contributed by atoms with van der Waals surface area (Å²) >= 11 is 7.25. The maximum atomic E-state index is 12.3. The van der Waals surface area contributed by atoms with Crippen LogP contribution in [0.5, 0.6) is 5.75 Å². The molecule has 0 bridgehead atoms. The third-order valence-corrected chi connectivity index (χ3v) is 6.19. The molecule has 10 heteroatoms. The average molecular weight is 488 g/mol. The number of nitrogens with zero attached hydrogens (tertiary/aromatic N) is 3. The van der Waals surface area contributed by atoms with E-state index in [0.717, 1.165) is 22.4 Å². The number of anilines is 1. The van der Waals surface area contributed by atoms with Crippen molar-refractivity contribution in [3.8, 4) is 5.75 Å². The zero-order valence-electron chi connectivity index (χ0n) is 18.9. The normalized spacial score (nSPS) is 10.7. The number of ether oxygens (including phenoxy) is 1. The van der Waals surface area contributed by atoms with E-state index in [1.54, 1.807) is 23.7 Å². The van der Waals surface area contributed by atoms with Gasteiger partial charge in [0.2, 0.25) is 5.91 Å². The Balaban J connectivity index is 1.47. The van der Waals surface area contributed by atoms with Crippen molar-refractivity contribution in [3.05, 3.63) is 63.9 Å². The van der Waals surface area contributed by atoms with Gasteiger partial charge in [-0.3, -0.25) is 9.59 Å². The number of thioether (sulfide) groups is 1. The molecule has 0 spiro atoms. The lowest BCUT2D eigenvalue weighted by atomic mass is 10.1. The van der Waals surface area contributed by atoms with E-state index >= 15 is 0 Å². The van der Waals surface area contributed by atoms with Gasteiger partial charge in [0.15, 0.2) is 17.6 Å². The summed E-state index contributed by atoms with van der Waals surface area (Å²) < 4.78 is 7.42. The van der Waals surface area contributed by atoms with E-state index in [9.17, 15) is 9.59 Å². The van der Waals surface area contributed by atoms with Gasteiger partial charge >= 0.3 is 0 Å². The monoisotopic (exact) mass is 487 g/mol. The summed E-state index contributed by atoms with van der Waals surface area (Å²) in [5, 5.41) is 15.0. The highest BCUT2D eigenvalue weighted by Gasteiger charge is 2.14. The van der Waals surface area contributed by atoms with Gasteiger partial charge in [-0.05, 0) is 49.6 Å². The van der Waals surface area contributed by atoms with Crippen molar-refractivity contribution in [2.24, 2.45) is 7.05 Å². The molecule has 0 unspecified atom stereocenters. The molecule has 0 aliphatic rings. The topological polar surface area (TPSA) is 98.1 Å². The molecule has 2 N–H and O–H groups in total. The first kappa shape index (κ1) is 24.6. The Morgan fingerprint density at radius 1 is 1.06 bits per heavy atom. The molecule has 3 aromatic rings. The summed E-state index contributed by atoms with van der Waals surface area (Å²) in [5.41, 5.74) is 3.56. The van der Waals surface area contributed by atoms with Crippen LogP contribution in [0.25, 0.3) is 0 Å². The zero-order valence-corrected chi connectivity index (χ0v) is 20.5. The average Bonchev–Trinajstić information content (AvgIpc) is 3.12. The minimum absolute atomic E-state index is 0.0890. The van der Waals surface area contributed by atoms with Crippen LogP contribution < -0.4 is 15.4 Å². The third-order valence-electron chi connectivity index (χ3n) is 4.93. The molecule has 0 saturated heterocycles. The van der Waals surface area contributed by atoms with Crippen LogP contribution in [0, 0.1) is 20.8 Å².